The molecule has 0 bridgehead atoms. The van der Waals surface area contributed by atoms with Crippen molar-refractivity contribution < 1.29 is 23.4 Å². The first-order valence-corrected chi connectivity index (χ1v) is 10.5. The van der Waals surface area contributed by atoms with Crippen molar-refractivity contribution in [3.8, 4) is 17.2 Å². The molecule has 0 radical (unpaired) electrons. The van der Waals surface area contributed by atoms with E-state index in [0.29, 0.717) is 43.3 Å². The number of aromatic nitrogens is 1. The van der Waals surface area contributed by atoms with Crippen LogP contribution in [0, 0.1) is 5.82 Å². The topological polar surface area (TPSA) is 75.8 Å². The molecule has 0 amide bonds. The molecule has 8 heteroatoms. The number of aliphatic carboxylic acids is 1. The average molecular weight is 445 g/mol. The van der Waals surface area contributed by atoms with E-state index >= 15 is 0 Å². The summed E-state index contributed by atoms with van der Waals surface area (Å²) in [4.78, 5) is 17.3. The number of nitrogens with zero attached hydrogens (tertiary/aromatic N) is 2. The zero-order valence-corrected chi connectivity index (χ0v) is 17.6. The van der Waals surface area contributed by atoms with Crippen LogP contribution in [0.5, 0.6) is 5.75 Å². The molecule has 0 saturated carbocycles. The number of carbonyl (C=O) groups is 1. The predicted octanol–water partition coefficient (Wildman–Crippen LogP) is 4.94. The summed E-state index contributed by atoms with van der Waals surface area (Å²) in [5.74, 6) is 0.159. The Morgan fingerprint density at radius 1 is 1.26 bits per heavy atom. The highest BCUT2D eigenvalue weighted by Crippen LogP contribution is 2.30. The van der Waals surface area contributed by atoms with E-state index in [2.05, 4.69) is 9.88 Å². The maximum atomic E-state index is 14.7. The van der Waals surface area contributed by atoms with Gasteiger partial charge in [0, 0.05) is 37.0 Å². The second-order valence-electron chi connectivity index (χ2n) is 7.47. The lowest BCUT2D eigenvalue weighted by atomic mass is 10.1. The van der Waals surface area contributed by atoms with Crippen molar-refractivity contribution in [1.29, 1.82) is 0 Å². The van der Waals surface area contributed by atoms with Crippen LogP contribution >= 0.6 is 11.6 Å². The molecule has 0 saturated heterocycles. The van der Waals surface area contributed by atoms with Crippen LogP contribution in [0.2, 0.25) is 5.02 Å². The third-order valence-electron chi connectivity index (χ3n) is 5.16. The Morgan fingerprint density at radius 3 is 2.81 bits per heavy atom. The van der Waals surface area contributed by atoms with E-state index < -0.39 is 11.8 Å². The molecule has 1 aromatic heterocycles. The number of carboxylic acids is 1. The van der Waals surface area contributed by atoms with Gasteiger partial charge >= 0.3 is 5.97 Å². The Hall–Kier alpha value is -2.90. The van der Waals surface area contributed by atoms with Gasteiger partial charge in [-0.2, -0.15) is 0 Å². The summed E-state index contributed by atoms with van der Waals surface area (Å²) in [6.45, 7) is 2.33. The second kappa shape index (κ2) is 9.49. The molecule has 31 heavy (non-hydrogen) atoms. The van der Waals surface area contributed by atoms with Crippen LogP contribution in [-0.4, -0.2) is 34.0 Å². The van der Waals surface area contributed by atoms with E-state index in [1.807, 2.05) is 12.1 Å². The number of halogens is 2. The molecule has 2 aromatic carbocycles. The molecule has 2 heterocycles. The molecule has 1 aliphatic rings. The first-order chi connectivity index (χ1) is 15.0. The highest BCUT2D eigenvalue weighted by molar-refractivity contribution is 6.30. The lowest BCUT2D eigenvalue weighted by Gasteiger charge is -2.24. The van der Waals surface area contributed by atoms with Gasteiger partial charge in [-0.25, -0.2) is 9.37 Å². The third kappa shape index (κ3) is 5.42. The van der Waals surface area contributed by atoms with Crippen LogP contribution in [-0.2, 0) is 24.4 Å². The number of carboxylic acid groups (broad SMARTS) is 1. The molecule has 0 unspecified atom stereocenters. The lowest BCUT2D eigenvalue weighted by molar-refractivity contribution is -0.137. The minimum Gasteiger partial charge on any atom is -0.489 e. The van der Waals surface area contributed by atoms with Gasteiger partial charge in [-0.1, -0.05) is 23.7 Å². The highest BCUT2D eigenvalue weighted by Gasteiger charge is 2.24. The van der Waals surface area contributed by atoms with Crippen molar-refractivity contribution in [2.75, 3.05) is 13.1 Å². The molecule has 3 aromatic rings. The maximum Gasteiger partial charge on any atom is 0.303 e. The summed E-state index contributed by atoms with van der Waals surface area (Å²) in [6.07, 6.45) is 1.39. The molecular weight excluding hydrogens is 423 g/mol. The van der Waals surface area contributed by atoms with E-state index in [1.165, 1.54) is 6.07 Å². The first kappa shape index (κ1) is 21.3. The Morgan fingerprint density at radius 2 is 2.06 bits per heavy atom. The zero-order valence-electron chi connectivity index (χ0n) is 16.8. The van der Waals surface area contributed by atoms with Gasteiger partial charge in [0.15, 0.2) is 0 Å². The quantitative estimate of drug-likeness (QED) is 0.530. The molecular formula is C23H22ClFN2O4. The molecule has 1 aliphatic heterocycles. The Balaban J connectivity index is 1.40. The Kier molecular flexibility index (Phi) is 6.53. The number of benzene rings is 2. The second-order valence-corrected chi connectivity index (χ2v) is 7.91. The van der Waals surface area contributed by atoms with Gasteiger partial charge in [-0.05, 0) is 42.8 Å². The van der Waals surface area contributed by atoms with Crippen molar-refractivity contribution in [3.05, 3.63) is 70.3 Å². The molecule has 162 valence electrons. The summed E-state index contributed by atoms with van der Waals surface area (Å²) in [7, 11) is 0. The normalized spacial score (nSPS) is 13.7. The van der Waals surface area contributed by atoms with E-state index in [9.17, 15) is 9.18 Å². The fraction of sp³-hybridized carbons (Fsp3) is 0.304. The van der Waals surface area contributed by atoms with E-state index in [0.717, 1.165) is 23.6 Å². The van der Waals surface area contributed by atoms with E-state index in [4.69, 9.17) is 25.9 Å². The number of oxazole rings is 1. The number of hydrogen-bond acceptors (Lipinski definition) is 5. The van der Waals surface area contributed by atoms with Crippen LogP contribution in [0.4, 0.5) is 4.39 Å². The van der Waals surface area contributed by atoms with Crippen LogP contribution in [0.25, 0.3) is 11.5 Å². The molecule has 0 aliphatic carbocycles. The average Bonchev–Trinajstić information content (AvgIpc) is 3.16. The van der Waals surface area contributed by atoms with Crippen molar-refractivity contribution in [1.82, 2.24) is 9.88 Å². The van der Waals surface area contributed by atoms with Crippen LogP contribution in [0.1, 0.15) is 29.9 Å². The summed E-state index contributed by atoms with van der Waals surface area (Å²) in [5, 5.41) is 9.43. The monoisotopic (exact) mass is 444 g/mol. The van der Waals surface area contributed by atoms with Crippen molar-refractivity contribution >= 4 is 17.6 Å². The largest absolute Gasteiger partial charge is 0.489 e. The van der Waals surface area contributed by atoms with E-state index in [-0.39, 0.29) is 17.9 Å². The van der Waals surface area contributed by atoms with Gasteiger partial charge in [0.2, 0.25) is 5.89 Å². The van der Waals surface area contributed by atoms with Crippen molar-refractivity contribution in [3.63, 3.8) is 0 Å². The van der Waals surface area contributed by atoms with Gasteiger partial charge < -0.3 is 14.3 Å². The number of ether oxygens (including phenoxy) is 1. The molecule has 0 atom stereocenters. The van der Waals surface area contributed by atoms with Gasteiger partial charge in [0.25, 0.3) is 0 Å². The molecule has 1 N–H and O–H groups in total. The SMILES string of the molecule is O=C(O)CCCN1CCc2oc(-c3ccc(OCc4ccc(Cl)cc4)cc3F)nc2C1. The predicted molar refractivity (Wildman–Crippen MR) is 114 cm³/mol. The molecule has 4 rings (SSSR count). The number of fused-ring (bicyclic) bond motifs is 1. The molecule has 0 fully saturated rings. The van der Waals surface area contributed by atoms with Crippen molar-refractivity contribution in [2.24, 2.45) is 0 Å². The lowest BCUT2D eigenvalue weighted by Crippen LogP contribution is -2.31. The fourth-order valence-electron chi connectivity index (χ4n) is 3.52. The fourth-order valence-corrected chi connectivity index (χ4v) is 3.65. The Labute approximate surface area is 184 Å². The smallest absolute Gasteiger partial charge is 0.303 e. The number of hydrogen-bond donors (Lipinski definition) is 1. The van der Waals surface area contributed by atoms with E-state index in [1.54, 1.807) is 24.3 Å². The van der Waals surface area contributed by atoms with Gasteiger partial charge in [0.1, 0.15) is 23.9 Å². The van der Waals surface area contributed by atoms with Crippen LogP contribution in [0.15, 0.2) is 46.9 Å². The standard InChI is InChI=1S/C23H22ClFN2O4/c24-16-5-3-15(4-6-16)14-30-17-7-8-18(19(25)12-17)23-26-20-13-27(10-1-2-22(28)29)11-9-21(20)31-23/h3-8,12H,1-2,9-11,13-14H2,(H,28,29). The summed E-state index contributed by atoms with van der Waals surface area (Å²) >= 11 is 5.88. The van der Waals surface area contributed by atoms with Gasteiger partial charge in [-0.15, -0.1) is 0 Å². The minimum absolute atomic E-state index is 0.144. The number of rotatable bonds is 8. The molecule has 6 nitrogen and oxygen atoms in total. The first-order valence-electron chi connectivity index (χ1n) is 10.1. The minimum atomic E-state index is -0.794. The third-order valence-corrected chi connectivity index (χ3v) is 5.41. The van der Waals surface area contributed by atoms with Gasteiger partial charge in [0.05, 0.1) is 11.3 Å². The maximum absolute atomic E-state index is 14.7. The highest BCUT2D eigenvalue weighted by atomic mass is 35.5. The Bertz CT molecular complexity index is 1070. The summed E-state index contributed by atoms with van der Waals surface area (Å²) in [6, 6.07) is 11.9. The van der Waals surface area contributed by atoms with Crippen molar-refractivity contribution in [2.45, 2.75) is 32.4 Å². The zero-order chi connectivity index (χ0) is 21.8. The summed E-state index contributed by atoms with van der Waals surface area (Å²) < 4.78 is 26.2. The summed E-state index contributed by atoms with van der Waals surface area (Å²) in [5.41, 5.74) is 1.99. The van der Waals surface area contributed by atoms with Gasteiger partial charge in [-0.3, -0.25) is 9.69 Å². The van der Waals surface area contributed by atoms with Crippen LogP contribution in [0.3, 0.4) is 0 Å². The molecule has 0 spiro atoms. The van der Waals surface area contributed by atoms with Crippen LogP contribution < -0.4 is 4.74 Å².